The second-order valence-corrected chi connectivity index (χ2v) is 4.73. The molecular formula is C15H16N4. The highest BCUT2D eigenvalue weighted by molar-refractivity contribution is 5.29. The van der Waals surface area contributed by atoms with E-state index >= 15 is 0 Å². The van der Waals surface area contributed by atoms with Gasteiger partial charge in [-0.3, -0.25) is 9.36 Å². The number of rotatable bonds is 4. The van der Waals surface area contributed by atoms with Gasteiger partial charge >= 0.3 is 0 Å². The number of aromatic nitrogens is 4. The highest BCUT2D eigenvalue weighted by atomic mass is 15.3. The van der Waals surface area contributed by atoms with Gasteiger partial charge in [-0.25, -0.2) is 0 Å². The summed E-state index contributed by atoms with van der Waals surface area (Å²) in [6, 6.07) is 10.5. The van der Waals surface area contributed by atoms with E-state index in [0.29, 0.717) is 0 Å². The zero-order valence-corrected chi connectivity index (χ0v) is 10.9. The van der Waals surface area contributed by atoms with Crippen LogP contribution in [-0.4, -0.2) is 19.6 Å². The van der Waals surface area contributed by atoms with Gasteiger partial charge in [0.05, 0.1) is 13.1 Å². The van der Waals surface area contributed by atoms with Crippen LogP contribution in [0.15, 0.2) is 55.1 Å². The molecule has 0 amide bonds. The Kier molecular flexibility index (Phi) is 3.14. The van der Waals surface area contributed by atoms with Gasteiger partial charge in [0.1, 0.15) is 0 Å². The lowest BCUT2D eigenvalue weighted by molar-refractivity contribution is 0.673. The van der Waals surface area contributed by atoms with E-state index in [1.54, 1.807) is 12.4 Å². The predicted octanol–water partition coefficient (Wildman–Crippen LogP) is 2.48. The molecule has 0 bridgehead atoms. The van der Waals surface area contributed by atoms with Crippen molar-refractivity contribution in [3.05, 3.63) is 71.8 Å². The Morgan fingerprint density at radius 3 is 1.79 bits per heavy atom. The normalized spacial score (nSPS) is 10.8. The fourth-order valence-electron chi connectivity index (χ4n) is 2.29. The molecule has 0 aliphatic rings. The van der Waals surface area contributed by atoms with Crippen LogP contribution >= 0.6 is 0 Å². The molecule has 0 saturated heterocycles. The molecule has 0 fully saturated rings. The summed E-state index contributed by atoms with van der Waals surface area (Å²) in [5.74, 6) is 0. The summed E-state index contributed by atoms with van der Waals surface area (Å²) in [5.41, 5.74) is 3.81. The summed E-state index contributed by atoms with van der Waals surface area (Å²) >= 11 is 0. The van der Waals surface area contributed by atoms with Crippen LogP contribution in [0.5, 0.6) is 0 Å². The molecule has 3 rings (SSSR count). The first-order valence-corrected chi connectivity index (χ1v) is 6.34. The molecular weight excluding hydrogens is 236 g/mol. The van der Waals surface area contributed by atoms with Gasteiger partial charge in [0, 0.05) is 24.8 Å². The molecule has 3 aromatic rings. The van der Waals surface area contributed by atoms with Crippen molar-refractivity contribution in [1.29, 1.82) is 0 Å². The molecule has 4 nitrogen and oxygen atoms in total. The summed E-state index contributed by atoms with van der Waals surface area (Å²) in [6.07, 6.45) is 7.58. The molecule has 1 aromatic carbocycles. The van der Waals surface area contributed by atoms with Crippen LogP contribution in [-0.2, 0) is 13.1 Å². The number of hydrogen-bond acceptors (Lipinski definition) is 2. The first-order valence-electron chi connectivity index (χ1n) is 6.34. The minimum atomic E-state index is 0.806. The molecule has 0 aliphatic heterocycles. The van der Waals surface area contributed by atoms with E-state index in [1.807, 2.05) is 33.9 Å². The van der Waals surface area contributed by atoms with Crippen molar-refractivity contribution in [2.45, 2.75) is 20.0 Å². The van der Waals surface area contributed by atoms with Crippen LogP contribution in [0.4, 0.5) is 0 Å². The molecule has 2 heterocycles. The number of nitrogens with zero attached hydrogens (tertiary/aromatic N) is 4. The van der Waals surface area contributed by atoms with Gasteiger partial charge in [-0.1, -0.05) is 23.8 Å². The maximum Gasteiger partial charge on any atom is 0.0659 e. The summed E-state index contributed by atoms with van der Waals surface area (Å²) in [6.45, 7) is 3.74. The average Bonchev–Trinajstić information content (AvgIpc) is 3.01. The van der Waals surface area contributed by atoms with Crippen LogP contribution in [0, 0.1) is 6.92 Å². The van der Waals surface area contributed by atoms with Crippen molar-refractivity contribution in [2.75, 3.05) is 0 Å². The number of benzene rings is 1. The monoisotopic (exact) mass is 252 g/mol. The van der Waals surface area contributed by atoms with Crippen molar-refractivity contribution in [3.63, 3.8) is 0 Å². The largest absolute Gasteiger partial charge is 0.268 e. The Morgan fingerprint density at radius 2 is 1.37 bits per heavy atom. The van der Waals surface area contributed by atoms with Crippen LogP contribution in [0.3, 0.4) is 0 Å². The first kappa shape index (κ1) is 11.7. The number of aryl methyl sites for hydroxylation is 1. The van der Waals surface area contributed by atoms with E-state index in [4.69, 9.17) is 0 Å². The van der Waals surface area contributed by atoms with Crippen LogP contribution in [0.25, 0.3) is 0 Å². The molecule has 0 unspecified atom stereocenters. The van der Waals surface area contributed by atoms with Gasteiger partial charge in [0.25, 0.3) is 0 Å². The molecule has 0 saturated carbocycles. The lowest BCUT2D eigenvalue weighted by Gasteiger charge is -2.08. The van der Waals surface area contributed by atoms with Crippen molar-refractivity contribution in [2.24, 2.45) is 0 Å². The third-order valence-electron chi connectivity index (χ3n) is 3.00. The molecule has 0 aliphatic carbocycles. The zero-order chi connectivity index (χ0) is 13.1. The minimum Gasteiger partial charge on any atom is -0.268 e. The quantitative estimate of drug-likeness (QED) is 0.715. The SMILES string of the molecule is Cc1cc(Cn2cccn2)cc(Cn2cccn2)c1. The van der Waals surface area contributed by atoms with E-state index < -0.39 is 0 Å². The summed E-state index contributed by atoms with van der Waals surface area (Å²) in [4.78, 5) is 0. The Labute approximate surface area is 112 Å². The van der Waals surface area contributed by atoms with Crippen molar-refractivity contribution >= 4 is 0 Å². The molecule has 2 aromatic heterocycles. The zero-order valence-electron chi connectivity index (χ0n) is 10.9. The van der Waals surface area contributed by atoms with Gasteiger partial charge in [-0.05, 0) is 30.2 Å². The molecule has 0 spiro atoms. The van der Waals surface area contributed by atoms with Gasteiger partial charge in [-0.2, -0.15) is 10.2 Å². The molecule has 96 valence electrons. The van der Waals surface area contributed by atoms with Gasteiger partial charge in [0.2, 0.25) is 0 Å². The summed E-state index contributed by atoms with van der Waals surface area (Å²) in [7, 11) is 0. The minimum absolute atomic E-state index is 0.806. The van der Waals surface area contributed by atoms with E-state index in [2.05, 4.69) is 35.3 Å². The van der Waals surface area contributed by atoms with Crippen LogP contribution in [0.1, 0.15) is 16.7 Å². The highest BCUT2D eigenvalue weighted by Gasteiger charge is 2.01. The third-order valence-corrected chi connectivity index (χ3v) is 3.00. The van der Waals surface area contributed by atoms with E-state index in [-0.39, 0.29) is 0 Å². The second-order valence-electron chi connectivity index (χ2n) is 4.73. The Bertz CT molecular complexity index is 584. The van der Waals surface area contributed by atoms with Gasteiger partial charge < -0.3 is 0 Å². The molecule has 0 atom stereocenters. The standard InChI is InChI=1S/C15H16N4/c1-13-8-14(11-18-6-2-4-16-18)10-15(9-13)12-19-7-3-5-17-19/h2-10H,11-12H2,1H3. The Hall–Kier alpha value is -2.36. The molecule has 0 radical (unpaired) electrons. The lowest BCUT2D eigenvalue weighted by atomic mass is 10.1. The van der Waals surface area contributed by atoms with Crippen molar-refractivity contribution in [1.82, 2.24) is 19.6 Å². The van der Waals surface area contributed by atoms with Crippen LogP contribution < -0.4 is 0 Å². The van der Waals surface area contributed by atoms with Crippen molar-refractivity contribution in [3.8, 4) is 0 Å². The van der Waals surface area contributed by atoms with E-state index in [0.717, 1.165) is 13.1 Å². The maximum atomic E-state index is 4.25. The number of hydrogen-bond donors (Lipinski definition) is 0. The predicted molar refractivity (Wildman–Crippen MR) is 73.8 cm³/mol. The smallest absolute Gasteiger partial charge is 0.0659 e. The summed E-state index contributed by atoms with van der Waals surface area (Å²) < 4.78 is 3.87. The third kappa shape index (κ3) is 2.91. The fourth-order valence-corrected chi connectivity index (χ4v) is 2.29. The first-order chi connectivity index (χ1) is 9.29. The second kappa shape index (κ2) is 5.10. The summed E-state index contributed by atoms with van der Waals surface area (Å²) in [5, 5.41) is 8.49. The molecule has 4 heteroatoms. The fraction of sp³-hybridized carbons (Fsp3) is 0.200. The van der Waals surface area contributed by atoms with Crippen LogP contribution in [0.2, 0.25) is 0 Å². The Morgan fingerprint density at radius 1 is 0.842 bits per heavy atom. The Balaban J connectivity index is 1.83. The average molecular weight is 252 g/mol. The van der Waals surface area contributed by atoms with E-state index in [9.17, 15) is 0 Å². The van der Waals surface area contributed by atoms with Gasteiger partial charge in [-0.15, -0.1) is 0 Å². The maximum absolute atomic E-state index is 4.25. The van der Waals surface area contributed by atoms with Crippen molar-refractivity contribution < 1.29 is 0 Å². The van der Waals surface area contributed by atoms with Gasteiger partial charge in [0.15, 0.2) is 0 Å². The molecule has 19 heavy (non-hydrogen) atoms. The lowest BCUT2D eigenvalue weighted by Crippen LogP contribution is -2.04. The van der Waals surface area contributed by atoms with E-state index in [1.165, 1.54) is 16.7 Å². The highest BCUT2D eigenvalue weighted by Crippen LogP contribution is 2.12. The molecule has 0 N–H and O–H groups in total. The topological polar surface area (TPSA) is 35.6 Å².